The molecule has 3 rings (SSSR count). The summed E-state index contributed by atoms with van der Waals surface area (Å²) in [7, 11) is 0. The summed E-state index contributed by atoms with van der Waals surface area (Å²) in [6, 6.07) is 13.9. The van der Waals surface area contributed by atoms with Gasteiger partial charge in [0.05, 0.1) is 0 Å². The highest BCUT2D eigenvalue weighted by atomic mass is 16.5. The Morgan fingerprint density at radius 2 is 1.95 bits per heavy atom. The zero-order valence-corrected chi connectivity index (χ0v) is 11.1. The van der Waals surface area contributed by atoms with Gasteiger partial charge in [-0.05, 0) is 42.5 Å². The number of nitrogen functional groups attached to an aromatic ring is 1. The number of pyridine rings is 1. The molecule has 0 aliphatic carbocycles. The van der Waals surface area contributed by atoms with E-state index in [9.17, 15) is 4.79 Å². The molecule has 1 heterocycles. The minimum atomic E-state index is -0.499. The van der Waals surface area contributed by atoms with Gasteiger partial charge < -0.3 is 16.2 Å². The molecule has 0 atom stereocenters. The number of hydrogen-bond donors (Lipinski definition) is 2. The van der Waals surface area contributed by atoms with Crippen LogP contribution in [0.4, 0.5) is 5.69 Å². The third-order valence-electron chi connectivity index (χ3n) is 3.11. The van der Waals surface area contributed by atoms with Crippen molar-refractivity contribution >= 4 is 22.5 Å². The number of hydrogen-bond acceptors (Lipinski definition) is 4. The maximum atomic E-state index is 11.2. The van der Waals surface area contributed by atoms with Crippen LogP contribution in [0.5, 0.6) is 11.5 Å². The predicted molar refractivity (Wildman–Crippen MR) is 81.2 cm³/mol. The number of fused-ring (bicyclic) bond motifs is 1. The quantitative estimate of drug-likeness (QED) is 0.721. The molecule has 0 radical (unpaired) electrons. The van der Waals surface area contributed by atoms with E-state index in [0.29, 0.717) is 28.3 Å². The SMILES string of the molecule is NC(=O)c1cccc(Oc2ccc(N)c3cccnc23)c1. The standard InChI is InChI=1S/C16H13N3O2/c17-13-6-7-14(15-12(13)5-2-8-19-15)21-11-4-1-3-10(9-11)16(18)20/h1-9H,17H2,(H2,18,20). The lowest BCUT2D eigenvalue weighted by atomic mass is 10.1. The van der Waals surface area contributed by atoms with Gasteiger partial charge in [-0.2, -0.15) is 0 Å². The number of nitrogens with zero attached hydrogens (tertiary/aromatic N) is 1. The number of rotatable bonds is 3. The van der Waals surface area contributed by atoms with Crippen LogP contribution in [-0.4, -0.2) is 10.9 Å². The Labute approximate surface area is 121 Å². The van der Waals surface area contributed by atoms with E-state index in [4.69, 9.17) is 16.2 Å². The summed E-state index contributed by atoms with van der Waals surface area (Å²) >= 11 is 0. The minimum Gasteiger partial charge on any atom is -0.455 e. The van der Waals surface area contributed by atoms with Crippen molar-refractivity contribution in [2.75, 3.05) is 5.73 Å². The molecule has 5 heteroatoms. The molecule has 0 spiro atoms. The minimum absolute atomic E-state index is 0.389. The van der Waals surface area contributed by atoms with Crippen LogP contribution in [0.25, 0.3) is 10.9 Å². The van der Waals surface area contributed by atoms with Gasteiger partial charge in [0.15, 0.2) is 5.75 Å². The predicted octanol–water partition coefficient (Wildman–Crippen LogP) is 2.71. The lowest BCUT2D eigenvalue weighted by molar-refractivity contribution is 0.1000. The number of benzene rings is 2. The Hall–Kier alpha value is -3.08. The number of aromatic nitrogens is 1. The average Bonchev–Trinajstić information content (AvgIpc) is 2.51. The van der Waals surface area contributed by atoms with Crippen LogP contribution in [0, 0.1) is 0 Å². The number of carbonyl (C=O) groups is 1. The highest BCUT2D eigenvalue weighted by Gasteiger charge is 2.08. The molecule has 3 aromatic rings. The first-order chi connectivity index (χ1) is 10.1. The van der Waals surface area contributed by atoms with E-state index in [2.05, 4.69) is 4.98 Å². The zero-order valence-electron chi connectivity index (χ0n) is 11.1. The Kier molecular flexibility index (Phi) is 3.16. The van der Waals surface area contributed by atoms with Crippen LogP contribution < -0.4 is 16.2 Å². The molecule has 1 aromatic heterocycles. The first-order valence-corrected chi connectivity index (χ1v) is 6.36. The van der Waals surface area contributed by atoms with Gasteiger partial charge in [-0.1, -0.05) is 6.07 Å². The van der Waals surface area contributed by atoms with E-state index in [1.165, 1.54) is 0 Å². The molecule has 0 fully saturated rings. The largest absolute Gasteiger partial charge is 0.455 e. The molecule has 5 nitrogen and oxygen atoms in total. The van der Waals surface area contributed by atoms with Gasteiger partial charge in [0.1, 0.15) is 11.3 Å². The summed E-state index contributed by atoms with van der Waals surface area (Å²) in [5.41, 5.74) is 12.9. The Bertz CT molecular complexity index is 831. The van der Waals surface area contributed by atoms with E-state index >= 15 is 0 Å². The van der Waals surface area contributed by atoms with Gasteiger partial charge in [-0.15, -0.1) is 0 Å². The first kappa shape index (κ1) is 12.9. The van der Waals surface area contributed by atoms with Crippen LogP contribution in [-0.2, 0) is 0 Å². The van der Waals surface area contributed by atoms with Gasteiger partial charge in [0.2, 0.25) is 5.91 Å². The molecular formula is C16H13N3O2. The molecule has 104 valence electrons. The number of amides is 1. The number of ether oxygens (including phenoxy) is 1. The van der Waals surface area contributed by atoms with Crippen molar-refractivity contribution < 1.29 is 9.53 Å². The fourth-order valence-corrected chi connectivity index (χ4v) is 2.09. The molecule has 0 saturated heterocycles. The first-order valence-electron chi connectivity index (χ1n) is 6.36. The van der Waals surface area contributed by atoms with Gasteiger partial charge in [0, 0.05) is 22.8 Å². The monoisotopic (exact) mass is 279 g/mol. The van der Waals surface area contributed by atoms with Crippen LogP contribution in [0.2, 0.25) is 0 Å². The normalized spacial score (nSPS) is 10.5. The van der Waals surface area contributed by atoms with Crippen molar-refractivity contribution in [3.05, 3.63) is 60.3 Å². The fourth-order valence-electron chi connectivity index (χ4n) is 2.09. The molecule has 2 aromatic carbocycles. The van der Waals surface area contributed by atoms with Crippen molar-refractivity contribution in [3.63, 3.8) is 0 Å². The second kappa shape index (κ2) is 5.13. The zero-order chi connectivity index (χ0) is 14.8. The highest BCUT2D eigenvalue weighted by molar-refractivity contribution is 5.95. The van der Waals surface area contributed by atoms with Crippen LogP contribution in [0.15, 0.2) is 54.7 Å². The summed E-state index contributed by atoms with van der Waals surface area (Å²) in [4.78, 5) is 15.5. The molecule has 0 saturated carbocycles. The number of carbonyl (C=O) groups excluding carboxylic acids is 1. The number of anilines is 1. The van der Waals surface area contributed by atoms with Gasteiger partial charge >= 0.3 is 0 Å². The third-order valence-corrected chi connectivity index (χ3v) is 3.11. The summed E-state index contributed by atoms with van der Waals surface area (Å²) in [6.45, 7) is 0. The molecule has 0 aliphatic rings. The Morgan fingerprint density at radius 1 is 1.10 bits per heavy atom. The van der Waals surface area contributed by atoms with Crippen LogP contribution in [0.3, 0.4) is 0 Å². The number of primary amides is 1. The van der Waals surface area contributed by atoms with Crippen molar-refractivity contribution in [2.24, 2.45) is 5.73 Å². The van der Waals surface area contributed by atoms with Crippen LogP contribution >= 0.6 is 0 Å². The van der Waals surface area contributed by atoms with E-state index in [-0.39, 0.29) is 0 Å². The van der Waals surface area contributed by atoms with Gasteiger partial charge in [0.25, 0.3) is 0 Å². The fraction of sp³-hybridized carbons (Fsp3) is 0. The second-order valence-electron chi connectivity index (χ2n) is 4.55. The maximum absolute atomic E-state index is 11.2. The van der Waals surface area contributed by atoms with Crippen molar-refractivity contribution in [1.29, 1.82) is 0 Å². The molecule has 4 N–H and O–H groups in total. The average molecular weight is 279 g/mol. The lowest BCUT2D eigenvalue weighted by Gasteiger charge is -2.10. The van der Waals surface area contributed by atoms with E-state index in [0.717, 1.165) is 5.39 Å². The molecular weight excluding hydrogens is 266 g/mol. The van der Waals surface area contributed by atoms with E-state index in [1.807, 2.05) is 12.1 Å². The summed E-state index contributed by atoms with van der Waals surface area (Å²) in [5.74, 6) is 0.588. The molecule has 0 unspecified atom stereocenters. The smallest absolute Gasteiger partial charge is 0.248 e. The molecule has 0 aliphatic heterocycles. The molecule has 1 amide bonds. The molecule has 21 heavy (non-hydrogen) atoms. The van der Waals surface area contributed by atoms with Crippen molar-refractivity contribution in [1.82, 2.24) is 4.98 Å². The van der Waals surface area contributed by atoms with Crippen molar-refractivity contribution in [3.8, 4) is 11.5 Å². The highest BCUT2D eigenvalue weighted by Crippen LogP contribution is 2.31. The summed E-state index contributed by atoms with van der Waals surface area (Å²) < 4.78 is 5.81. The molecule has 0 bridgehead atoms. The second-order valence-corrected chi connectivity index (χ2v) is 4.55. The van der Waals surface area contributed by atoms with E-state index < -0.39 is 5.91 Å². The Morgan fingerprint density at radius 3 is 2.76 bits per heavy atom. The maximum Gasteiger partial charge on any atom is 0.248 e. The van der Waals surface area contributed by atoms with Crippen LogP contribution in [0.1, 0.15) is 10.4 Å². The number of nitrogens with two attached hydrogens (primary N) is 2. The van der Waals surface area contributed by atoms with Gasteiger partial charge in [-0.3, -0.25) is 9.78 Å². The third kappa shape index (κ3) is 2.49. The topological polar surface area (TPSA) is 91.2 Å². The summed E-state index contributed by atoms with van der Waals surface area (Å²) in [5, 5.41) is 0.820. The van der Waals surface area contributed by atoms with Gasteiger partial charge in [-0.25, -0.2) is 0 Å². The lowest BCUT2D eigenvalue weighted by Crippen LogP contribution is -2.10. The van der Waals surface area contributed by atoms with E-state index in [1.54, 1.807) is 42.6 Å². The van der Waals surface area contributed by atoms with Crippen molar-refractivity contribution in [2.45, 2.75) is 0 Å². The summed E-state index contributed by atoms with van der Waals surface area (Å²) in [6.07, 6.45) is 1.68. The Balaban J connectivity index is 2.04.